The topological polar surface area (TPSA) is 18.0 Å². The summed E-state index contributed by atoms with van der Waals surface area (Å²) in [7, 11) is 0. The van der Waals surface area contributed by atoms with Gasteiger partial charge in [-0.2, -0.15) is 0 Å². The maximum absolute atomic E-state index is 2.66. The molecule has 0 unspecified atom stereocenters. The van der Waals surface area contributed by atoms with E-state index in [4.69, 9.17) is 0 Å². The lowest BCUT2D eigenvalue weighted by Gasteiger charge is -2.40. The second-order valence-corrected chi connectivity index (χ2v) is 16.1. The van der Waals surface area contributed by atoms with Crippen LogP contribution in [0.4, 0.5) is 17.1 Å². The van der Waals surface area contributed by atoms with Gasteiger partial charge in [-0.05, 0) is 95.4 Å². The SMILES string of the molecule is c1ccc(N2c3ccccc3B3c4c(cccc42)-c2cc(-n4c5ccccc5c5ccccc54)cc4c5cc(-n6c7ccccc7c7ccccc76)ccc5n3c24)cc1. The average Bonchev–Trinajstić information content (AvgIpc) is 3.94. The smallest absolute Gasteiger partial charge is 0.333 e. The van der Waals surface area contributed by atoms with Gasteiger partial charge < -0.3 is 18.5 Å². The average molecular weight is 749 g/mol. The predicted octanol–water partition coefficient (Wildman–Crippen LogP) is 12.4. The Balaban J connectivity index is 1.14. The number of anilines is 3. The van der Waals surface area contributed by atoms with Gasteiger partial charge in [0.05, 0.1) is 22.1 Å². The van der Waals surface area contributed by atoms with Crippen molar-refractivity contribution < 1.29 is 0 Å². The van der Waals surface area contributed by atoms with E-state index in [0.717, 1.165) is 11.4 Å². The highest BCUT2D eigenvalue weighted by atomic mass is 15.2. The standard InChI is InChI=1S/C54H33BN4/c1-2-15-34(16-3-1)56-51-27-13-8-22-45(51)55-53-41(21-14-28-52(53)56)43-32-36(58-48-25-11-6-19-39(48)40-20-7-12-26-49(40)58)33-44-42-31-35(29-30-50(42)59(55)54(43)44)57-46-23-9-4-17-37(46)38-18-5-10-24-47(38)57/h1-33H. The molecule has 2 aliphatic heterocycles. The van der Waals surface area contributed by atoms with Crippen molar-refractivity contribution in [3.8, 4) is 22.5 Å². The van der Waals surface area contributed by atoms with Crippen molar-refractivity contribution in [1.29, 1.82) is 0 Å². The summed E-state index contributed by atoms with van der Waals surface area (Å²) in [6.07, 6.45) is 0. The van der Waals surface area contributed by atoms with E-state index in [0.29, 0.717) is 0 Å². The van der Waals surface area contributed by atoms with Crippen LogP contribution in [-0.2, 0) is 0 Å². The lowest BCUT2D eigenvalue weighted by molar-refractivity contribution is 1.18. The first kappa shape index (κ1) is 31.3. The van der Waals surface area contributed by atoms with E-state index in [2.05, 4.69) is 219 Å². The first-order valence-corrected chi connectivity index (χ1v) is 20.5. The Bertz CT molecular complexity index is 3650. The Morgan fingerprint density at radius 1 is 0.322 bits per heavy atom. The molecule has 59 heavy (non-hydrogen) atoms. The molecule has 12 aromatic rings. The molecule has 0 saturated heterocycles. The van der Waals surface area contributed by atoms with Gasteiger partial charge in [0, 0.05) is 77.4 Å². The van der Waals surface area contributed by atoms with Crippen LogP contribution in [0.25, 0.3) is 87.9 Å². The van der Waals surface area contributed by atoms with Gasteiger partial charge in [-0.15, -0.1) is 0 Å². The summed E-state index contributed by atoms with van der Waals surface area (Å²) < 4.78 is 7.59. The maximum Gasteiger partial charge on any atom is 0.333 e. The van der Waals surface area contributed by atoms with Crippen molar-refractivity contribution in [3.63, 3.8) is 0 Å². The van der Waals surface area contributed by atoms with Crippen LogP contribution in [-0.4, -0.2) is 20.5 Å². The molecule has 0 aliphatic carbocycles. The third-order valence-corrected chi connectivity index (χ3v) is 13.2. The number of nitrogens with zero attached hydrogens (tertiary/aromatic N) is 4. The fourth-order valence-electron chi connectivity index (χ4n) is 10.9. The molecule has 0 fully saturated rings. The summed E-state index contributed by atoms with van der Waals surface area (Å²) >= 11 is 0. The van der Waals surface area contributed by atoms with Gasteiger partial charge in [0.2, 0.25) is 0 Å². The molecule has 4 nitrogen and oxygen atoms in total. The molecular weight excluding hydrogens is 715 g/mol. The van der Waals surface area contributed by atoms with Gasteiger partial charge in [-0.3, -0.25) is 0 Å². The molecule has 0 N–H and O–H groups in total. The second-order valence-electron chi connectivity index (χ2n) is 16.1. The summed E-state index contributed by atoms with van der Waals surface area (Å²) in [6, 6.07) is 74.2. The molecular formula is C54H33BN4. The van der Waals surface area contributed by atoms with Crippen molar-refractivity contribution in [1.82, 2.24) is 13.6 Å². The Morgan fingerprint density at radius 2 is 0.864 bits per heavy atom. The highest BCUT2D eigenvalue weighted by molar-refractivity contribution is 6.90. The Morgan fingerprint density at radius 3 is 1.53 bits per heavy atom. The Hall–Kier alpha value is -7.76. The fraction of sp³-hybridized carbons (Fsp3) is 0. The summed E-state index contributed by atoms with van der Waals surface area (Å²) in [5.74, 6) is 0. The third kappa shape index (κ3) is 4.04. The molecule has 3 aromatic heterocycles. The first-order valence-electron chi connectivity index (χ1n) is 20.5. The molecule has 0 bridgehead atoms. The molecule has 9 aromatic carbocycles. The van der Waals surface area contributed by atoms with Gasteiger partial charge in [0.25, 0.3) is 0 Å². The van der Waals surface area contributed by atoms with Gasteiger partial charge in [0.15, 0.2) is 0 Å². The number of fused-ring (bicyclic) bond motifs is 13. The number of benzene rings is 9. The number of hydrogen-bond acceptors (Lipinski definition) is 1. The van der Waals surface area contributed by atoms with Gasteiger partial charge in [-0.25, -0.2) is 0 Å². The maximum atomic E-state index is 2.66. The second kappa shape index (κ2) is 11.4. The van der Waals surface area contributed by atoms with Crippen LogP contribution in [0.1, 0.15) is 0 Å². The van der Waals surface area contributed by atoms with Crippen molar-refractivity contribution in [2.45, 2.75) is 0 Å². The molecule has 5 heterocycles. The van der Waals surface area contributed by atoms with E-state index in [1.165, 1.54) is 105 Å². The summed E-state index contributed by atoms with van der Waals surface area (Å²) in [6.45, 7) is -0.0111. The van der Waals surface area contributed by atoms with Gasteiger partial charge >= 0.3 is 6.85 Å². The Labute approximate surface area is 340 Å². The minimum atomic E-state index is -0.0111. The largest absolute Gasteiger partial charge is 0.375 e. The highest BCUT2D eigenvalue weighted by Crippen LogP contribution is 2.47. The number of aromatic nitrogens is 3. The zero-order valence-corrected chi connectivity index (χ0v) is 31.9. The van der Waals surface area contributed by atoms with Crippen LogP contribution in [0.5, 0.6) is 0 Å². The fourth-order valence-corrected chi connectivity index (χ4v) is 10.9. The number of para-hydroxylation sites is 6. The highest BCUT2D eigenvalue weighted by Gasteiger charge is 2.42. The van der Waals surface area contributed by atoms with E-state index in [1.54, 1.807) is 0 Å². The molecule has 272 valence electrons. The molecule has 0 spiro atoms. The van der Waals surface area contributed by atoms with Crippen LogP contribution in [0.2, 0.25) is 0 Å². The van der Waals surface area contributed by atoms with Crippen molar-refractivity contribution in [2.24, 2.45) is 0 Å². The normalized spacial score (nSPS) is 13.0. The van der Waals surface area contributed by atoms with Gasteiger partial charge in [0.1, 0.15) is 0 Å². The summed E-state index contributed by atoms with van der Waals surface area (Å²) in [4.78, 5) is 2.47. The van der Waals surface area contributed by atoms with E-state index in [1.807, 2.05) is 0 Å². The summed E-state index contributed by atoms with van der Waals surface area (Å²) in [5.41, 5.74) is 18.5. The van der Waals surface area contributed by atoms with Crippen molar-refractivity contribution >= 4 is 100 Å². The Kier molecular flexibility index (Phi) is 6.07. The quantitative estimate of drug-likeness (QED) is 0.165. The van der Waals surface area contributed by atoms with Crippen LogP contribution in [0.15, 0.2) is 200 Å². The monoisotopic (exact) mass is 748 g/mol. The number of hydrogen-bond donors (Lipinski definition) is 0. The van der Waals surface area contributed by atoms with Crippen LogP contribution < -0.4 is 15.8 Å². The summed E-state index contributed by atoms with van der Waals surface area (Å²) in [5, 5.41) is 7.57. The zero-order valence-electron chi connectivity index (χ0n) is 31.9. The van der Waals surface area contributed by atoms with Gasteiger partial charge in [-0.1, -0.05) is 121 Å². The van der Waals surface area contributed by atoms with Crippen LogP contribution >= 0.6 is 0 Å². The van der Waals surface area contributed by atoms with Crippen molar-refractivity contribution in [3.05, 3.63) is 200 Å². The lowest BCUT2D eigenvalue weighted by Crippen LogP contribution is -2.56. The molecule has 0 radical (unpaired) electrons. The molecule has 2 aliphatic rings. The van der Waals surface area contributed by atoms with E-state index < -0.39 is 0 Å². The van der Waals surface area contributed by atoms with Crippen LogP contribution in [0, 0.1) is 0 Å². The zero-order chi connectivity index (χ0) is 38.3. The first-order chi connectivity index (χ1) is 29.3. The minimum absolute atomic E-state index is 0.0111. The lowest BCUT2D eigenvalue weighted by atomic mass is 9.45. The van der Waals surface area contributed by atoms with E-state index in [9.17, 15) is 0 Å². The number of rotatable bonds is 3. The van der Waals surface area contributed by atoms with Crippen LogP contribution in [0.3, 0.4) is 0 Å². The van der Waals surface area contributed by atoms with E-state index >= 15 is 0 Å². The molecule has 0 saturated carbocycles. The molecule has 14 rings (SSSR count). The third-order valence-electron chi connectivity index (χ3n) is 13.2. The van der Waals surface area contributed by atoms with E-state index in [-0.39, 0.29) is 6.85 Å². The minimum Gasteiger partial charge on any atom is -0.375 e. The molecule has 0 atom stereocenters. The molecule has 5 heteroatoms. The van der Waals surface area contributed by atoms with Crippen molar-refractivity contribution in [2.75, 3.05) is 4.90 Å². The predicted molar refractivity (Wildman–Crippen MR) is 249 cm³/mol. The molecule has 0 amide bonds.